The zero-order chi connectivity index (χ0) is 30.1. The minimum atomic E-state index is -1.57. The van der Waals surface area contributed by atoms with Crippen LogP contribution in [0.25, 0.3) is 11.8 Å². The second-order valence-corrected chi connectivity index (χ2v) is 13.9. The summed E-state index contributed by atoms with van der Waals surface area (Å²) >= 11 is 0.528. The summed E-state index contributed by atoms with van der Waals surface area (Å²) in [6, 6.07) is 8.41. The number of ether oxygens (including phenoxy) is 1. The molecule has 7 nitrogen and oxygen atoms in total. The molecule has 2 aromatic heterocycles. The van der Waals surface area contributed by atoms with Crippen LogP contribution < -0.4 is 0 Å². The van der Waals surface area contributed by atoms with Crippen LogP contribution in [0.1, 0.15) is 67.8 Å². The third-order valence-electron chi connectivity index (χ3n) is 11.1. The minimum absolute atomic E-state index is 0.00354. The number of nitrogens with zero attached hydrogens (tertiary/aromatic N) is 2. The van der Waals surface area contributed by atoms with Gasteiger partial charge in [-0.1, -0.05) is 19.4 Å². The van der Waals surface area contributed by atoms with Gasteiger partial charge in [-0.05, 0) is 121 Å². The maximum absolute atomic E-state index is 13.7. The van der Waals surface area contributed by atoms with E-state index in [1.165, 1.54) is 30.0 Å². The molecule has 1 N–H and O–H groups in total. The lowest BCUT2D eigenvalue weighted by Gasteiger charge is -2.60. The first-order valence-corrected chi connectivity index (χ1v) is 15.8. The number of alkyl halides is 1. The van der Waals surface area contributed by atoms with E-state index in [2.05, 4.69) is 18.1 Å². The van der Waals surface area contributed by atoms with Crippen molar-refractivity contribution in [2.75, 3.05) is 6.01 Å². The van der Waals surface area contributed by atoms with Crippen molar-refractivity contribution in [3.05, 3.63) is 77.3 Å². The number of rotatable bonds is 5. The third-order valence-corrected chi connectivity index (χ3v) is 11.8. The topological polar surface area (TPSA) is 94.6 Å². The molecule has 2 heterocycles. The van der Waals surface area contributed by atoms with Gasteiger partial charge in [0.25, 0.3) is 0 Å². The van der Waals surface area contributed by atoms with Gasteiger partial charge >= 0.3 is 5.97 Å². The summed E-state index contributed by atoms with van der Waals surface area (Å²) < 4.78 is 40.3. The number of halogens is 2. The Morgan fingerprint density at radius 1 is 1.21 bits per heavy atom. The van der Waals surface area contributed by atoms with E-state index in [1.54, 1.807) is 18.2 Å². The van der Waals surface area contributed by atoms with Gasteiger partial charge in [-0.15, -0.1) is 0 Å². The molecule has 4 aliphatic rings. The number of carbonyl (C=O) groups is 2. The van der Waals surface area contributed by atoms with Gasteiger partial charge in [0, 0.05) is 5.41 Å². The SMILES string of the molecule is C[C@]12Cc3cnn(-c4ccc(F)cc4)c3C=C1CC[C@@H]1C2[C@@H](O)C[C@@]2(C)C1CC[C@]2(OC(=O)c1ccco1)C(=O)SCF. The predicted molar refractivity (Wildman–Crippen MR) is 156 cm³/mol. The summed E-state index contributed by atoms with van der Waals surface area (Å²) in [7, 11) is 0. The quantitative estimate of drug-likeness (QED) is 0.329. The van der Waals surface area contributed by atoms with Crippen molar-refractivity contribution in [2.45, 2.75) is 64.1 Å². The highest BCUT2D eigenvalue weighted by Crippen LogP contribution is 2.69. The van der Waals surface area contributed by atoms with Crippen LogP contribution in [0.2, 0.25) is 0 Å². The molecule has 0 radical (unpaired) electrons. The second kappa shape index (κ2) is 10.2. The number of thioether (sulfide) groups is 1. The van der Waals surface area contributed by atoms with E-state index in [-0.39, 0.29) is 47.6 Å². The number of benzene rings is 1. The number of furan rings is 1. The molecule has 0 amide bonds. The highest BCUT2D eigenvalue weighted by atomic mass is 32.2. The molecule has 0 bridgehead atoms. The van der Waals surface area contributed by atoms with Crippen molar-refractivity contribution in [3.63, 3.8) is 0 Å². The van der Waals surface area contributed by atoms with Crippen LogP contribution in [-0.2, 0) is 16.0 Å². The van der Waals surface area contributed by atoms with Gasteiger partial charge in [-0.3, -0.25) is 4.79 Å². The fraction of sp³-hybridized carbons (Fsp3) is 0.485. The van der Waals surface area contributed by atoms with E-state index in [1.807, 2.05) is 17.8 Å². The molecule has 3 aromatic rings. The molecule has 0 saturated heterocycles. The Labute approximate surface area is 252 Å². The van der Waals surface area contributed by atoms with Crippen molar-refractivity contribution in [3.8, 4) is 5.69 Å². The minimum Gasteiger partial charge on any atom is -0.457 e. The van der Waals surface area contributed by atoms with E-state index in [0.717, 1.165) is 29.8 Å². The summed E-state index contributed by atoms with van der Waals surface area (Å²) in [5.41, 5.74) is 1.31. The van der Waals surface area contributed by atoms with Gasteiger partial charge in [0.15, 0.2) is 5.60 Å². The molecule has 4 aliphatic carbocycles. The molecule has 43 heavy (non-hydrogen) atoms. The maximum Gasteiger partial charge on any atom is 0.375 e. The molecule has 226 valence electrons. The van der Waals surface area contributed by atoms with Gasteiger partial charge in [0.05, 0.1) is 29.9 Å². The third kappa shape index (κ3) is 4.12. The molecule has 7 rings (SSSR count). The first-order valence-electron chi connectivity index (χ1n) is 14.8. The number of hydrogen-bond acceptors (Lipinski definition) is 7. The largest absolute Gasteiger partial charge is 0.457 e. The standard InChI is InChI=1S/C33H34F2N2O5S/c1-31-15-19-17-36-37(22-8-6-21(35)7-9-22)25(19)14-20(31)5-10-23-24-11-12-33(30(40)43-18-34,32(24,2)16-26(38)28(23)31)42-29(39)27-4-3-13-41-27/h3-4,6-9,13-14,17,23-24,26,28,38H,5,10-12,15-16,18H2,1-2H3/t23-,24?,26-,28?,31-,32-,33-/m0/s1. The number of carbonyl (C=O) groups excluding carboxylic acids is 2. The Morgan fingerprint density at radius 3 is 2.72 bits per heavy atom. The monoisotopic (exact) mass is 608 g/mol. The molecule has 2 unspecified atom stereocenters. The fourth-order valence-electron chi connectivity index (χ4n) is 9.27. The Balaban J connectivity index is 1.23. The first kappa shape index (κ1) is 28.5. The van der Waals surface area contributed by atoms with Crippen LogP contribution >= 0.6 is 11.8 Å². The molecule has 1 aromatic carbocycles. The molecular formula is C33H34F2N2O5S. The predicted octanol–water partition coefficient (Wildman–Crippen LogP) is 6.54. The van der Waals surface area contributed by atoms with Crippen LogP contribution in [-0.4, -0.2) is 43.7 Å². The molecule has 3 fully saturated rings. The van der Waals surface area contributed by atoms with Crippen molar-refractivity contribution in [1.82, 2.24) is 9.78 Å². The van der Waals surface area contributed by atoms with Gasteiger partial charge in [0.1, 0.15) is 11.8 Å². The Morgan fingerprint density at radius 2 is 2.00 bits per heavy atom. The molecule has 7 atom stereocenters. The number of hydrogen-bond donors (Lipinski definition) is 1. The molecule has 0 spiro atoms. The van der Waals surface area contributed by atoms with Gasteiger partial charge in [-0.2, -0.15) is 5.10 Å². The number of esters is 1. The highest BCUT2D eigenvalue weighted by Gasteiger charge is 2.70. The Hall–Kier alpha value is -3.24. The molecule has 0 aliphatic heterocycles. The Kier molecular flexibility index (Phi) is 6.74. The second-order valence-electron chi connectivity index (χ2n) is 13.0. The normalized spacial score (nSPS) is 34.4. The fourth-order valence-corrected chi connectivity index (χ4v) is 9.98. The van der Waals surface area contributed by atoms with E-state index in [9.17, 15) is 23.5 Å². The molecular weight excluding hydrogens is 574 g/mol. The van der Waals surface area contributed by atoms with Crippen LogP contribution in [0.4, 0.5) is 8.78 Å². The first-order chi connectivity index (χ1) is 20.6. The number of allylic oxidation sites excluding steroid dienone is 1. The van der Waals surface area contributed by atoms with Crippen LogP contribution in [0, 0.1) is 34.4 Å². The van der Waals surface area contributed by atoms with Crippen LogP contribution in [0.5, 0.6) is 0 Å². The number of aliphatic hydroxyl groups is 1. The van der Waals surface area contributed by atoms with E-state index < -0.39 is 34.2 Å². The van der Waals surface area contributed by atoms with E-state index in [0.29, 0.717) is 24.6 Å². The lowest BCUT2D eigenvalue weighted by Crippen LogP contribution is -2.62. The van der Waals surface area contributed by atoms with E-state index >= 15 is 0 Å². The molecule has 3 saturated carbocycles. The van der Waals surface area contributed by atoms with Crippen molar-refractivity contribution < 1.29 is 32.6 Å². The molecule has 10 heteroatoms. The van der Waals surface area contributed by atoms with Crippen molar-refractivity contribution in [1.29, 1.82) is 0 Å². The van der Waals surface area contributed by atoms with Gasteiger partial charge < -0.3 is 14.3 Å². The Bertz CT molecular complexity index is 1600. The maximum atomic E-state index is 13.7. The summed E-state index contributed by atoms with van der Waals surface area (Å²) in [6.45, 7) is 4.17. The summed E-state index contributed by atoms with van der Waals surface area (Å²) in [6.07, 6.45) is 8.15. The number of aromatic nitrogens is 2. The average Bonchev–Trinajstić information content (AvgIpc) is 3.71. The van der Waals surface area contributed by atoms with Crippen molar-refractivity contribution in [2.24, 2.45) is 28.6 Å². The summed E-state index contributed by atoms with van der Waals surface area (Å²) in [5.74, 6) is -1.07. The zero-order valence-corrected chi connectivity index (χ0v) is 24.9. The van der Waals surface area contributed by atoms with Crippen LogP contribution in [0.15, 0.2) is 58.8 Å². The lowest BCUT2D eigenvalue weighted by molar-refractivity contribution is -0.175. The zero-order valence-electron chi connectivity index (χ0n) is 24.1. The summed E-state index contributed by atoms with van der Waals surface area (Å²) in [4.78, 5) is 26.8. The highest BCUT2D eigenvalue weighted by molar-refractivity contribution is 8.13. The number of fused-ring (bicyclic) bond motifs is 6. The van der Waals surface area contributed by atoms with Crippen molar-refractivity contribution >= 4 is 28.9 Å². The van der Waals surface area contributed by atoms with Gasteiger partial charge in [-0.25, -0.2) is 18.3 Å². The summed E-state index contributed by atoms with van der Waals surface area (Å²) in [5, 5.41) is 16.1. The smallest absolute Gasteiger partial charge is 0.375 e. The van der Waals surface area contributed by atoms with E-state index in [4.69, 9.17) is 9.15 Å². The van der Waals surface area contributed by atoms with Crippen LogP contribution in [0.3, 0.4) is 0 Å². The average molecular weight is 609 g/mol. The lowest BCUT2D eigenvalue weighted by atomic mass is 9.45. The van der Waals surface area contributed by atoms with Gasteiger partial charge in [0.2, 0.25) is 10.9 Å². The number of aliphatic hydroxyl groups excluding tert-OH is 1.